The zero-order valence-electron chi connectivity index (χ0n) is 20.4. The quantitative estimate of drug-likeness (QED) is 0.315. The molecule has 33 heavy (non-hydrogen) atoms. The van der Waals surface area contributed by atoms with Gasteiger partial charge in [0.15, 0.2) is 12.0 Å². The van der Waals surface area contributed by atoms with E-state index in [-0.39, 0.29) is 10.8 Å². The lowest BCUT2D eigenvalue weighted by Crippen LogP contribution is -2.39. The molecule has 0 aliphatic carbocycles. The van der Waals surface area contributed by atoms with Gasteiger partial charge < -0.3 is 14.8 Å². The summed E-state index contributed by atoms with van der Waals surface area (Å²) in [6.45, 7) is 14.8. The number of aliphatic hydroxyl groups is 1. The number of halogens is 1. The number of hydrogen-bond acceptors (Lipinski definition) is 6. The van der Waals surface area contributed by atoms with Crippen molar-refractivity contribution in [1.29, 1.82) is 0 Å². The molecule has 0 fully saturated rings. The van der Waals surface area contributed by atoms with E-state index in [1.807, 2.05) is 13.8 Å². The van der Waals surface area contributed by atoms with Gasteiger partial charge in [-0.3, -0.25) is 4.79 Å². The fourth-order valence-corrected chi connectivity index (χ4v) is 5.79. The summed E-state index contributed by atoms with van der Waals surface area (Å²) in [5, 5.41) is 23.6. The van der Waals surface area contributed by atoms with Crippen molar-refractivity contribution in [2.24, 2.45) is 0 Å². The molecule has 1 atom stereocenters. The minimum Gasteiger partial charge on any atom is -0.496 e. The first-order valence-electron chi connectivity index (χ1n) is 10.8. The molecule has 178 valence electrons. The summed E-state index contributed by atoms with van der Waals surface area (Å²) in [7, 11) is -0.163. The minimum atomic E-state index is -1.74. The molecular weight excluding hydrogens is 502 g/mol. The Bertz CT molecular complexity index is 1180. The molecule has 0 radical (unpaired) electrons. The highest BCUT2D eigenvalue weighted by molar-refractivity contribution is 9.10. The number of carbonyl (C=O) groups excluding carboxylic acids is 1. The van der Waals surface area contributed by atoms with Crippen LogP contribution in [0, 0.1) is 13.8 Å². The van der Waals surface area contributed by atoms with Crippen molar-refractivity contribution in [1.82, 2.24) is 25.2 Å². The van der Waals surface area contributed by atoms with E-state index in [9.17, 15) is 9.90 Å². The number of carbonyl (C=O) groups is 1. The zero-order chi connectivity index (χ0) is 24.7. The third kappa shape index (κ3) is 4.97. The van der Waals surface area contributed by atoms with Crippen LogP contribution in [0.1, 0.15) is 54.2 Å². The average molecular weight is 535 g/mol. The number of aromatic nitrogens is 5. The maximum atomic E-state index is 13.3. The standard InChI is InChI=1S/C23H32BrN5O3Si/c1-13-19(21(31)15-9-10-17(32-6)16(24)11-15)14(2)25-20(13)22-26-28-29(27-22)18(30)12-33(7,8)23(3,4)5/h9-11,18,25,30H,12H2,1-8H3. The molecule has 10 heteroatoms. The highest BCUT2D eigenvalue weighted by Crippen LogP contribution is 2.40. The van der Waals surface area contributed by atoms with Gasteiger partial charge in [-0.05, 0) is 69.8 Å². The minimum absolute atomic E-state index is 0.110. The summed E-state index contributed by atoms with van der Waals surface area (Å²) in [5.41, 5.74) is 3.19. The number of ether oxygens (including phenoxy) is 1. The smallest absolute Gasteiger partial charge is 0.221 e. The number of ketones is 1. The van der Waals surface area contributed by atoms with Gasteiger partial charge in [0.05, 0.1) is 25.4 Å². The van der Waals surface area contributed by atoms with Crippen molar-refractivity contribution in [2.45, 2.75) is 65.0 Å². The van der Waals surface area contributed by atoms with Crippen LogP contribution in [0.2, 0.25) is 24.2 Å². The second kappa shape index (κ2) is 9.15. The lowest BCUT2D eigenvalue weighted by molar-refractivity contribution is 0.0906. The third-order valence-electron chi connectivity index (χ3n) is 6.72. The molecule has 0 saturated carbocycles. The Morgan fingerprint density at radius 1 is 1.30 bits per heavy atom. The molecule has 3 aromatic rings. The normalized spacial score (nSPS) is 13.3. The fraction of sp³-hybridized carbons (Fsp3) is 0.478. The molecule has 0 aliphatic rings. The molecule has 3 rings (SSSR count). The molecule has 2 aromatic heterocycles. The lowest BCUT2D eigenvalue weighted by atomic mass is 9.99. The van der Waals surface area contributed by atoms with E-state index in [1.165, 1.54) is 4.80 Å². The lowest BCUT2D eigenvalue weighted by Gasteiger charge is -2.37. The predicted molar refractivity (Wildman–Crippen MR) is 134 cm³/mol. The number of benzene rings is 1. The van der Waals surface area contributed by atoms with Crippen LogP contribution in [0.5, 0.6) is 5.75 Å². The Morgan fingerprint density at radius 2 is 1.97 bits per heavy atom. The number of hydrogen-bond donors (Lipinski definition) is 2. The summed E-state index contributed by atoms with van der Waals surface area (Å²) in [6, 6.07) is 5.86. The maximum absolute atomic E-state index is 13.3. The van der Waals surface area contributed by atoms with Crippen molar-refractivity contribution in [3.63, 3.8) is 0 Å². The summed E-state index contributed by atoms with van der Waals surface area (Å²) in [4.78, 5) is 17.8. The molecule has 0 bridgehead atoms. The van der Waals surface area contributed by atoms with E-state index < -0.39 is 14.3 Å². The number of aryl methyl sites for hydroxylation is 1. The first-order chi connectivity index (χ1) is 15.3. The van der Waals surface area contributed by atoms with Crippen molar-refractivity contribution < 1.29 is 14.6 Å². The molecule has 0 aliphatic heterocycles. The highest BCUT2D eigenvalue weighted by atomic mass is 79.9. The molecule has 8 nitrogen and oxygen atoms in total. The van der Waals surface area contributed by atoms with E-state index in [2.05, 4.69) is 70.2 Å². The van der Waals surface area contributed by atoms with Crippen molar-refractivity contribution in [3.8, 4) is 17.3 Å². The number of tetrazole rings is 1. The van der Waals surface area contributed by atoms with Gasteiger partial charge in [-0.1, -0.05) is 33.9 Å². The first-order valence-corrected chi connectivity index (χ1v) is 14.8. The van der Waals surface area contributed by atoms with Gasteiger partial charge in [-0.25, -0.2) is 0 Å². The molecule has 2 heterocycles. The predicted octanol–water partition coefficient (Wildman–Crippen LogP) is 5.29. The van der Waals surface area contributed by atoms with E-state index in [0.717, 1.165) is 11.3 Å². The Balaban J connectivity index is 1.90. The van der Waals surface area contributed by atoms with E-state index in [0.29, 0.717) is 38.9 Å². The van der Waals surface area contributed by atoms with Crippen molar-refractivity contribution >= 4 is 29.8 Å². The Hall–Kier alpha value is -2.30. The number of rotatable bonds is 7. The zero-order valence-corrected chi connectivity index (χ0v) is 23.0. The van der Waals surface area contributed by atoms with Gasteiger partial charge in [0, 0.05) is 16.8 Å². The second-order valence-corrected chi connectivity index (χ2v) is 16.6. The molecule has 0 spiro atoms. The van der Waals surface area contributed by atoms with Gasteiger partial charge in [0.25, 0.3) is 0 Å². The summed E-state index contributed by atoms with van der Waals surface area (Å²) < 4.78 is 5.97. The van der Waals surface area contributed by atoms with Crippen LogP contribution >= 0.6 is 15.9 Å². The second-order valence-electron chi connectivity index (χ2n) is 10.1. The molecular formula is C23H32BrN5O3Si. The van der Waals surface area contributed by atoms with E-state index >= 15 is 0 Å². The Morgan fingerprint density at radius 3 is 2.55 bits per heavy atom. The average Bonchev–Trinajstić information content (AvgIpc) is 3.31. The van der Waals surface area contributed by atoms with Crippen LogP contribution in [-0.2, 0) is 0 Å². The largest absolute Gasteiger partial charge is 0.496 e. The Labute approximate surface area is 203 Å². The van der Waals surface area contributed by atoms with Gasteiger partial charge in [0.1, 0.15) is 5.75 Å². The number of H-pyrrole nitrogens is 1. The highest BCUT2D eigenvalue weighted by Gasteiger charge is 2.37. The van der Waals surface area contributed by atoms with Crippen molar-refractivity contribution in [3.05, 3.63) is 45.1 Å². The summed E-state index contributed by atoms with van der Waals surface area (Å²) in [5.74, 6) is 0.896. The van der Waals surface area contributed by atoms with Crippen LogP contribution in [-0.4, -0.2) is 51.3 Å². The molecule has 2 N–H and O–H groups in total. The maximum Gasteiger partial charge on any atom is 0.221 e. The monoisotopic (exact) mass is 533 g/mol. The topological polar surface area (TPSA) is 106 Å². The number of methoxy groups -OCH3 is 1. The number of aliphatic hydroxyl groups excluding tert-OH is 1. The van der Waals surface area contributed by atoms with Gasteiger partial charge >= 0.3 is 0 Å². The summed E-state index contributed by atoms with van der Waals surface area (Å²) in [6.07, 6.45) is -0.846. The fourth-order valence-electron chi connectivity index (χ4n) is 3.56. The SMILES string of the molecule is COc1ccc(C(=O)c2c(C)[nH]c(-c3nnn(C(O)C[Si](C)(C)C(C)(C)C)n3)c2C)cc1Br. The van der Waals surface area contributed by atoms with Crippen LogP contribution < -0.4 is 4.74 Å². The molecule has 0 amide bonds. The number of nitrogens with one attached hydrogen (secondary N) is 1. The molecule has 0 saturated heterocycles. The van der Waals surface area contributed by atoms with Crippen LogP contribution in [0.25, 0.3) is 11.5 Å². The summed E-state index contributed by atoms with van der Waals surface area (Å²) >= 11 is 3.44. The van der Waals surface area contributed by atoms with Gasteiger partial charge in [-0.2, -0.15) is 0 Å². The van der Waals surface area contributed by atoms with Crippen LogP contribution in [0.4, 0.5) is 0 Å². The van der Waals surface area contributed by atoms with Gasteiger partial charge in [0.2, 0.25) is 5.82 Å². The Kier molecular flexibility index (Phi) is 7.02. The van der Waals surface area contributed by atoms with Crippen LogP contribution in [0.15, 0.2) is 22.7 Å². The number of aromatic amines is 1. The number of nitrogens with zero attached hydrogens (tertiary/aromatic N) is 4. The first kappa shape index (κ1) is 25.3. The van der Waals surface area contributed by atoms with Crippen LogP contribution in [0.3, 0.4) is 0 Å². The van der Waals surface area contributed by atoms with Crippen molar-refractivity contribution in [2.75, 3.05) is 7.11 Å². The molecule has 1 unspecified atom stereocenters. The van der Waals surface area contributed by atoms with E-state index in [1.54, 1.807) is 25.3 Å². The third-order valence-corrected chi connectivity index (χ3v) is 12.8. The molecule has 1 aromatic carbocycles. The van der Waals surface area contributed by atoms with E-state index in [4.69, 9.17) is 4.74 Å². The van der Waals surface area contributed by atoms with Gasteiger partial charge in [-0.15, -0.1) is 15.0 Å².